The van der Waals surface area contributed by atoms with Gasteiger partial charge in [-0.15, -0.1) is 0 Å². The zero-order valence-electron chi connectivity index (χ0n) is 22.6. The van der Waals surface area contributed by atoms with Crippen LogP contribution in [0.2, 0.25) is 5.02 Å². The van der Waals surface area contributed by atoms with Crippen molar-refractivity contribution in [1.29, 1.82) is 0 Å². The van der Waals surface area contributed by atoms with Crippen molar-refractivity contribution in [2.45, 2.75) is 44.7 Å². The van der Waals surface area contributed by atoms with Crippen LogP contribution in [0, 0.1) is 6.92 Å². The number of hydrogen-bond acceptors (Lipinski definition) is 5. The summed E-state index contributed by atoms with van der Waals surface area (Å²) in [5.41, 5.74) is 1.94. The summed E-state index contributed by atoms with van der Waals surface area (Å²) in [5.74, 6) is -0.623. The number of ether oxygens (including phenoxy) is 1. The van der Waals surface area contributed by atoms with Crippen LogP contribution in [0.1, 0.15) is 31.4 Å². The van der Waals surface area contributed by atoms with Crippen molar-refractivity contribution in [3.05, 3.63) is 88.9 Å². The molecule has 1 atom stereocenters. The third-order valence-electron chi connectivity index (χ3n) is 6.19. The second kappa shape index (κ2) is 13.5. The summed E-state index contributed by atoms with van der Waals surface area (Å²) in [7, 11) is -2.82. The Morgan fingerprint density at radius 1 is 1.00 bits per heavy atom. The van der Waals surface area contributed by atoms with Crippen molar-refractivity contribution < 1.29 is 22.7 Å². The molecular weight excluding hydrogens is 538 g/mol. The highest BCUT2D eigenvalue weighted by atomic mass is 35.5. The van der Waals surface area contributed by atoms with E-state index in [0.29, 0.717) is 13.0 Å². The van der Waals surface area contributed by atoms with Gasteiger partial charge >= 0.3 is 0 Å². The van der Waals surface area contributed by atoms with E-state index in [9.17, 15) is 18.0 Å². The first-order valence-electron chi connectivity index (χ1n) is 12.7. The van der Waals surface area contributed by atoms with Crippen LogP contribution in [-0.4, -0.2) is 51.4 Å². The standard InChI is InChI=1S/C29H34ClN3O5S/c1-5-25(29(35)31-6-2)32(19-22-12-10-11-21(3)17-22)28(34)20-33(26-18-23(30)15-16-27(26)38-4)39(36,37)24-13-8-7-9-14-24/h7-18,25H,5-6,19-20H2,1-4H3,(H,31,35)/t25-/m0/s1. The molecule has 0 bridgehead atoms. The predicted molar refractivity (Wildman–Crippen MR) is 153 cm³/mol. The van der Waals surface area contributed by atoms with E-state index in [-0.39, 0.29) is 33.8 Å². The average Bonchev–Trinajstić information content (AvgIpc) is 2.92. The van der Waals surface area contributed by atoms with Crippen LogP contribution in [0.25, 0.3) is 0 Å². The molecule has 3 rings (SSSR count). The van der Waals surface area contributed by atoms with Gasteiger partial charge in [-0.25, -0.2) is 8.42 Å². The summed E-state index contributed by atoms with van der Waals surface area (Å²) in [5, 5.41) is 3.07. The molecule has 0 aliphatic rings. The summed E-state index contributed by atoms with van der Waals surface area (Å²) in [4.78, 5) is 28.5. The fourth-order valence-electron chi connectivity index (χ4n) is 4.31. The summed E-state index contributed by atoms with van der Waals surface area (Å²) >= 11 is 6.26. The van der Waals surface area contributed by atoms with E-state index in [0.717, 1.165) is 15.4 Å². The number of nitrogens with zero attached hydrogens (tertiary/aromatic N) is 2. The lowest BCUT2D eigenvalue weighted by Gasteiger charge is -2.33. The number of anilines is 1. The number of nitrogens with one attached hydrogen (secondary N) is 1. The molecule has 0 radical (unpaired) electrons. The van der Waals surface area contributed by atoms with Gasteiger partial charge in [-0.05, 0) is 56.2 Å². The quantitative estimate of drug-likeness (QED) is 0.337. The van der Waals surface area contributed by atoms with E-state index >= 15 is 0 Å². The summed E-state index contributed by atoms with van der Waals surface area (Å²) < 4.78 is 34.3. The molecule has 0 aromatic heterocycles. The van der Waals surface area contributed by atoms with Gasteiger partial charge in [-0.3, -0.25) is 13.9 Å². The van der Waals surface area contributed by atoms with Crippen LogP contribution < -0.4 is 14.4 Å². The molecule has 3 aromatic carbocycles. The number of methoxy groups -OCH3 is 1. The van der Waals surface area contributed by atoms with E-state index in [1.165, 1.54) is 30.2 Å². The van der Waals surface area contributed by atoms with Crippen LogP contribution in [0.15, 0.2) is 77.7 Å². The molecule has 3 aromatic rings. The number of halogens is 1. The van der Waals surface area contributed by atoms with Crippen molar-refractivity contribution in [3.63, 3.8) is 0 Å². The lowest BCUT2D eigenvalue weighted by atomic mass is 10.1. The number of benzene rings is 3. The maximum absolute atomic E-state index is 14.1. The van der Waals surface area contributed by atoms with Gasteiger partial charge in [0.15, 0.2) is 0 Å². The number of amides is 2. The molecule has 0 unspecified atom stereocenters. The lowest BCUT2D eigenvalue weighted by Crippen LogP contribution is -2.52. The lowest BCUT2D eigenvalue weighted by molar-refractivity contribution is -0.140. The average molecular weight is 572 g/mol. The van der Waals surface area contributed by atoms with Gasteiger partial charge in [0.05, 0.1) is 17.7 Å². The van der Waals surface area contributed by atoms with E-state index in [1.54, 1.807) is 37.3 Å². The molecule has 208 valence electrons. The zero-order chi connectivity index (χ0) is 28.6. The van der Waals surface area contributed by atoms with Crippen molar-refractivity contribution in [3.8, 4) is 5.75 Å². The smallest absolute Gasteiger partial charge is 0.264 e. The fourth-order valence-corrected chi connectivity index (χ4v) is 5.91. The maximum Gasteiger partial charge on any atom is 0.264 e. The molecule has 0 aliphatic carbocycles. The first kappa shape index (κ1) is 30.0. The largest absolute Gasteiger partial charge is 0.495 e. The number of aryl methyl sites for hydroxylation is 1. The van der Waals surface area contributed by atoms with E-state index in [2.05, 4.69) is 5.32 Å². The highest BCUT2D eigenvalue weighted by Gasteiger charge is 2.34. The monoisotopic (exact) mass is 571 g/mol. The Labute approximate surface area is 235 Å². The highest BCUT2D eigenvalue weighted by molar-refractivity contribution is 7.92. The van der Waals surface area contributed by atoms with Crippen molar-refractivity contribution in [1.82, 2.24) is 10.2 Å². The first-order chi connectivity index (χ1) is 18.6. The van der Waals surface area contributed by atoms with Gasteiger partial charge in [0.25, 0.3) is 10.0 Å². The van der Waals surface area contributed by atoms with Crippen LogP contribution in [0.4, 0.5) is 5.69 Å². The Hall–Kier alpha value is -3.56. The van der Waals surface area contributed by atoms with Crippen LogP contribution in [0.5, 0.6) is 5.75 Å². The van der Waals surface area contributed by atoms with E-state index in [1.807, 2.05) is 38.1 Å². The number of carbonyl (C=O) groups is 2. The molecule has 8 nitrogen and oxygen atoms in total. The number of likely N-dealkylation sites (N-methyl/N-ethyl adjacent to an activating group) is 1. The molecular formula is C29H34ClN3O5S. The number of rotatable bonds is 12. The van der Waals surface area contributed by atoms with Gasteiger partial charge in [0.1, 0.15) is 18.3 Å². The van der Waals surface area contributed by atoms with Gasteiger partial charge in [-0.1, -0.05) is 66.6 Å². The highest BCUT2D eigenvalue weighted by Crippen LogP contribution is 2.35. The molecule has 0 saturated heterocycles. The van der Waals surface area contributed by atoms with E-state index in [4.69, 9.17) is 16.3 Å². The Balaban J connectivity index is 2.12. The maximum atomic E-state index is 14.1. The van der Waals surface area contributed by atoms with Gasteiger partial charge in [-0.2, -0.15) is 0 Å². The van der Waals surface area contributed by atoms with Crippen LogP contribution >= 0.6 is 11.6 Å². The normalized spacial score (nSPS) is 11.9. The van der Waals surface area contributed by atoms with Crippen LogP contribution in [0.3, 0.4) is 0 Å². The minimum absolute atomic E-state index is 0.000769. The number of sulfonamides is 1. The Morgan fingerprint density at radius 3 is 2.33 bits per heavy atom. The molecule has 39 heavy (non-hydrogen) atoms. The number of hydrogen-bond donors (Lipinski definition) is 1. The Kier molecular flexibility index (Phi) is 10.4. The molecule has 2 amide bonds. The predicted octanol–water partition coefficient (Wildman–Crippen LogP) is 4.80. The SMILES string of the molecule is CCNC(=O)[C@H](CC)N(Cc1cccc(C)c1)C(=O)CN(c1cc(Cl)ccc1OC)S(=O)(=O)c1ccccc1. The fraction of sp³-hybridized carbons (Fsp3) is 0.310. The molecule has 0 saturated carbocycles. The Bertz CT molecular complexity index is 1400. The molecule has 10 heteroatoms. The van der Waals surface area contributed by atoms with Gasteiger partial charge in [0, 0.05) is 18.1 Å². The molecule has 1 N–H and O–H groups in total. The summed E-state index contributed by atoms with van der Waals surface area (Å²) in [6.45, 7) is 5.51. The van der Waals surface area contributed by atoms with E-state index < -0.39 is 28.5 Å². The minimum Gasteiger partial charge on any atom is -0.495 e. The van der Waals surface area contributed by atoms with Crippen molar-refractivity contribution in [2.75, 3.05) is 24.5 Å². The Morgan fingerprint density at radius 2 is 1.72 bits per heavy atom. The third kappa shape index (κ3) is 7.30. The molecule has 0 aliphatic heterocycles. The summed E-state index contributed by atoms with van der Waals surface area (Å²) in [6, 6.07) is 19.2. The molecule has 0 fully saturated rings. The molecule has 0 spiro atoms. The second-order valence-corrected chi connectivity index (χ2v) is 11.3. The first-order valence-corrected chi connectivity index (χ1v) is 14.5. The summed E-state index contributed by atoms with van der Waals surface area (Å²) in [6.07, 6.45) is 0.343. The van der Waals surface area contributed by atoms with Crippen molar-refractivity contribution >= 4 is 39.1 Å². The second-order valence-electron chi connectivity index (χ2n) is 8.97. The topological polar surface area (TPSA) is 96.0 Å². The number of carbonyl (C=O) groups excluding carboxylic acids is 2. The zero-order valence-corrected chi connectivity index (χ0v) is 24.1. The molecule has 0 heterocycles. The third-order valence-corrected chi connectivity index (χ3v) is 8.20. The van der Waals surface area contributed by atoms with Gasteiger partial charge < -0.3 is 15.0 Å². The van der Waals surface area contributed by atoms with Crippen LogP contribution in [-0.2, 0) is 26.2 Å². The minimum atomic E-state index is -4.23. The van der Waals surface area contributed by atoms with Gasteiger partial charge in [0.2, 0.25) is 11.8 Å². The van der Waals surface area contributed by atoms with Crippen molar-refractivity contribution in [2.24, 2.45) is 0 Å².